The average Bonchev–Trinajstić information content (AvgIpc) is 2.61. The van der Waals surface area contributed by atoms with Crippen LogP contribution in [-0.2, 0) is 11.2 Å². The van der Waals surface area contributed by atoms with E-state index in [1.165, 1.54) is 5.56 Å². The van der Waals surface area contributed by atoms with Crippen LogP contribution >= 0.6 is 35.7 Å². The number of carbonyl (C=O) groups excluding carboxylic acids is 1. The molecule has 0 spiro atoms. The largest absolute Gasteiger partial charge is 0.347 e. The molecule has 1 saturated heterocycles. The molecular formula is C19H29IN4OS. The van der Waals surface area contributed by atoms with Gasteiger partial charge in [0.15, 0.2) is 5.96 Å². The number of nitrogens with one attached hydrogen (secondary N) is 1. The number of hydrogen-bond donors (Lipinski definition) is 1. The summed E-state index contributed by atoms with van der Waals surface area (Å²) in [5.74, 6) is 2.02. The first-order valence-electron chi connectivity index (χ1n) is 8.98. The van der Waals surface area contributed by atoms with Gasteiger partial charge < -0.3 is 15.1 Å². The van der Waals surface area contributed by atoms with E-state index in [1.54, 1.807) is 7.05 Å². The number of thioether (sulfide) groups is 1. The number of aryl methyl sites for hydroxylation is 1. The van der Waals surface area contributed by atoms with Crippen molar-refractivity contribution in [2.45, 2.75) is 31.4 Å². The molecule has 1 fully saturated rings. The lowest BCUT2D eigenvalue weighted by atomic mass is 10.0. The fraction of sp³-hybridized carbons (Fsp3) is 0.579. The second kappa shape index (κ2) is 9.30. The number of guanidine groups is 1. The van der Waals surface area contributed by atoms with Gasteiger partial charge in [0.05, 0.1) is 6.54 Å². The van der Waals surface area contributed by atoms with E-state index >= 15 is 0 Å². The average molecular weight is 488 g/mol. The zero-order valence-corrected chi connectivity index (χ0v) is 19.0. The van der Waals surface area contributed by atoms with Crippen molar-refractivity contribution in [3.8, 4) is 0 Å². The number of benzene rings is 1. The molecule has 3 rings (SSSR count). The molecule has 144 valence electrons. The molecule has 1 amide bonds. The Kier molecular flexibility index (Phi) is 7.63. The van der Waals surface area contributed by atoms with Crippen LogP contribution in [0.1, 0.15) is 25.8 Å². The maximum Gasteiger partial charge on any atom is 0.246 e. The minimum Gasteiger partial charge on any atom is -0.347 e. The SMILES string of the molecule is CN=C(NCC(=O)N1CCCc2ccccc21)N1CCSC(C)(C)C1.I. The Morgan fingerprint density at radius 1 is 1.31 bits per heavy atom. The summed E-state index contributed by atoms with van der Waals surface area (Å²) < 4.78 is 0.214. The summed E-state index contributed by atoms with van der Waals surface area (Å²) in [5, 5.41) is 3.28. The first kappa shape index (κ1) is 21.3. The number of rotatable bonds is 2. The highest BCUT2D eigenvalue weighted by molar-refractivity contribution is 14.0. The van der Waals surface area contributed by atoms with Crippen molar-refractivity contribution in [3.63, 3.8) is 0 Å². The van der Waals surface area contributed by atoms with Crippen LogP contribution < -0.4 is 10.2 Å². The van der Waals surface area contributed by atoms with Gasteiger partial charge in [0.2, 0.25) is 5.91 Å². The summed E-state index contributed by atoms with van der Waals surface area (Å²) in [6.45, 7) is 7.50. The van der Waals surface area contributed by atoms with Crippen molar-refractivity contribution in [1.29, 1.82) is 0 Å². The molecule has 0 bridgehead atoms. The van der Waals surface area contributed by atoms with Crippen molar-refractivity contribution in [3.05, 3.63) is 29.8 Å². The van der Waals surface area contributed by atoms with Crippen molar-refractivity contribution in [2.24, 2.45) is 4.99 Å². The molecule has 2 heterocycles. The normalized spacial score (nSPS) is 19.4. The van der Waals surface area contributed by atoms with Crippen LogP contribution in [0.25, 0.3) is 0 Å². The number of aliphatic imine (C=N–C) groups is 1. The number of hydrogen-bond acceptors (Lipinski definition) is 3. The predicted molar refractivity (Wildman–Crippen MR) is 122 cm³/mol. The van der Waals surface area contributed by atoms with Crippen molar-refractivity contribution in [1.82, 2.24) is 10.2 Å². The van der Waals surface area contributed by atoms with Gasteiger partial charge in [-0.05, 0) is 38.3 Å². The van der Waals surface area contributed by atoms with Gasteiger partial charge in [-0.25, -0.2) is 0 Å². The van der Waals surface area contributed by atoms with E-state index in [1.807, 2.05) is 34.9 Å². The molecule has 1 N–H and O–H groups in total. The van der Waals surface area contributed by atoms with E-state index in [2.05, 4.69) is 35.1 Å². The summed E-state index contributed by atoms with van der Waals surface area (Å²) in [4.78, 5) is 21.3. The first-order valence-corrected chi connectivity index (χ1v) is 9.96. The lowest BCUT2D eigenvalue weighted by Crippen LogP contribution is -2.53. The van der Waals surface area contributed by atoms with Gasteiger partial charge in [-0.2, -0.15) is 11.8 Å². The van der Waals surface area contributed by atoms with E-state index in [-0.39, 0.29) is 41.2 Å². The minimum atomic E-state index is 0. The van der Waals surface area contributed by atoms with Crippen molar-refractivity contribution >= 4 is 53.3 Å². The topological polar surface area (TPSA) is 47.9 Å². The van der Waals surface area contributed by atoms with Gasteiger partial charge in [-0.1, -0.05) is 18.2 Å². The molecule has 2 aliphatic rings. The molecule has 0 radical (unpaired) electrons. The molecule has 1 aromatic carbocycles. The van der Waals surface area contributed by atoms with Crippen molar-refractivity contribution < 1.29 is 4.79 Å². The van der Waals surface area contributed by atoms with Gasteiger partial charge in [0.25, 0.3) is 0 Å². The Morgan fingerprint density at radius 2 is 2.08 bits per heavy atom. The summed E-state index contributed by atoms with van der Waals surface area (Å²) in [5.41, 5.74) is 2.33. The third-order valence-electron chi connectivity index (χ3n) is 4.75. The van der Waals surface area contributed by atoms with Crippen LogP contribution in [-0.4, -0.2) is 60.5 Å². The summed E-state index contributed by atoms with van der Waals surface area (Å²) >= 11 is 1.99. The summed E-state index contributed by atoms with van der Waals surface area (Å²) in [6.07, 6.45) is 2.07. The number of halogens is 1. The van der Waals surface area contributed by atoms with E-state index in [0.29, 0.717) is 0 Å². The second-order valence-corrected chi connectivity index (χ2v) is 9.01. The molecule has 2 aliphatic heterocycles. The van der Waals surface area contributed by atoms with Gasteiger partial charge in [0, 0.05) is 42.9 Å². The van der Waals surface area contributed by atoms with Crippen LogP contribution in [0, 0.1) is 0 Å². The monoisotopic (exact) mass is 488 g/mol. The number of para-hydroxylation sites is 1. The fourth-order valence-corrected chi connectivity index (χ4v) is 4.68. The molecular weight excluding hydrogens is 459 g/mol. The highest BCUT2D eigenvalue weighted by Gasteiger charge is 2.29. The number of fused-ring (bicyclic) bond motifs is 1. The molecule has 0 aliphatic carbocycles. The van der Waals surface area contributed by atoms with E-state index < -0.39 is 0 Å². The predicted octanol–water partition coefficient (Wildman–Crippen LogP) is 2.99. The molecule has 1 aromatic rings. The fourth-order valence-electron chi connectivity index (χ4n) is 3.57. The minimum absolute atomic E-state index is 0. The second-order valence-electron chi connectivity index (χ2n) is 7.21. The summed E-state index contributed by atoms with van der Waals surface area (Å²) in [6, 6.07) is 8.22. The third kappa shape index (κ3) is 5.06. The maximum absolute atomic E-state index is 12.8. The van der Waals surface area contributed by atoms with Crippen LogP contribution in [0.4, 0.5) is 5.69 Å². The van der Waals surface area contributed by atoms with Crippen LogP contribution in [0.2, 0.25) is 0 Å². The van der Waals surface area contributed by atoms with Gasteiger partial charge in [-0.15, -0.1) is 24.0 Å². The molecule has 7 heteroatoms. The quantitative estimate of drug-likeness (QED) is 0.395. The lowest BCUT2D eigenvalue weighted by Gasteiger charge is -2.39. The van der Waals surface area contributed by atoms with Gasteiger partial charge >= 0.3 is 0 Å². The van der Waals surface area contributed by atoms with Gasteiger partial charge in [-0.3, -0.25) is 9.79 Å². The number of nitrogens with zero attached hydrogens (tertiary/aromatic N) is 3. The molecule has 0 unspecified atom stereocenters. The Morgan fingerprint density at radius 3 is 2.81 bits per heavy atom. The van der Waals surface area contributed by atoms with E-state index in [0.717, 1.165) is 49.9 Å². The Hall–Kier alpha value is -0.960. The number of carbonyl (C=O) groups is 1. The van der Waals surface area contributed by atoms with E-state index in [9.17, 15) is 4.79 Å². The first-order chi connectivity index (χ1) is 12.0. The molecule has 0 saturated carbocycles. The Labute approximate surface area is 178 Å². The highest BCUT2D eigenvalue weighted by atomic mass is 127. The van der Waals surface area contributed by atoms with E-state index in [4.69, 9.17) is 0 Å². The molecule has 0 atom stereocenters. The zero-order valence-electron chi connectivity index (χ0n) is 15.8. The van der Waals surface area contributed by atoms with Crippen molar-refractivity contribution in [2.75, 3.05) is 43.9 Å². The summed E-state index contributed by atoms with van der Waals surface area (Å²) in [7, 11) is 1.79. The van der Waals surface area contributed by atoms with Crippen LogP contribution in [0.3, 0.4) is 0 Å². The smallest absolute Gasteiger partial charge is 0.246 e. The standard InChI is InChI=1S/C19H28N4OS.HI/c1-19(2)14-22(11-12-25-19)18(20-3)21-13-17(24)23-10-6-8-15-7-4-5-9-16(15)23;/h4-5,7,9H,6,8,10-14H2,1-3H3,(H,20,21);1H. The Bertz CT molecular complexity index is 665. The molecule has 0 aromatic heterocycles. The maximum atomic E-state index is 12.8. The van der Waals surface area contributed by atoms with Crippen LogP contribution in [0.5, 0.6) is 0 Å². The number of anilines is 1. The number of amides is 1. The molecule has 26 heavy (non-hydrogen) atoms. The Balaban J connectivity index is 0.00000243. The molecule has 5 nitrogen and oxygen atoms in total. The van der Waals surface area contributed by atoms with Gasteiger partial charge in [0.1, 0.15) is 0 Å². The van der Waals surface area contributed by atoms with Crippen LogP contribution in [0.15, 0.2) is 29.3 Å². The highest BCUT2D eigenvalue weighted by Crippen LogP contribution is 2.29. The lowest BCUT2D eigenvalue weighted by molar-refractivity contribution is -0.117. The third-order valence-corrected chi connectivity index (χ3v) is 6.04. The zero-order chi connectivity index (χ0) is 17.9.